The fraction of sp³-hybridized carbons (Fsp3) is 0.0943. The third kappa shape index (κ3) is 13.3. The highest BCUT2D eigenvalue weighted by Gasteiger charge is 2.36. The number of hydrogen-bond acceptors (Lipinski definition) is 19. The third-order valence-electron chi connectivity index (χ3n) is 24.9. The molecule has 4 aliphatic rings. The molecule has 0 aliphatic carbocycles. The number of non-ortho nitro benzene ring substituents is 2. The molecule has 0 saturated carbocycles. The molecular weight excluding hydrogens is 1660 g/mol. The number of aromatic nitrogens is 2. The molecule has 0 unspecified atom stereocenters. The van der Waals surface area contributed by atoms with Crippen LogP contribution in [0.5, 0.6) is 17.2 Å². The van der Waals surface area contributed by atoms with Gasteiger partial charge in [-0.2, -0.15) is 0 Å². The van der Waals surface area contributed by atoms with E-state index in [1.54, 1.807) is 94.8 Å². The molecule has 21 nitrogen and oxygen atoms in total. The number of aryl methyl sites for hydroxylation is 2. The molecular formula is C106H70N8O13S2. The van der Waals surface area contributed by atoms with Gasteiger partial charge in [0.1, 0.15) is 48.5 Å². The van der Waals surface area contributed by atoms with Crippen LogP contribution in [0.4, 0.5) is 22.7 Å². The van der Waals surface area contributed by atoms with E-state index in [9.17, 15) is 20.2 Å². The van der Waals surface area contributed by atoms with Crippen molar-refractivity contribution >= 4 is 143 Å². The molecule has 0 bridgehead atoms. The molecule has 22 rings (SSSR count). The molecule has 0 saturated heterocycles. The number of benzene rings is 14. The number of rotatable bonds is 20. The van der Waals surface area contributed by atoms with Crippen molar-refractivity contribution in [3.05, 3.63) is 393 Å². The van der Waals surface area contributed by atoms with Crippen molar-refractivity contribution in [1.82, 2.24) is 9.13 Å². The van der Waals surface area contributed by atoms with Crippen LogP contribution in [0.2, 0.25) is 0 Å². The second-order valence-corrected chi connectivity index (χ2v) is 34.7. The predicted molar refractivity (Wildman–Crippen MR) is 499 cm³/mol. The number of carbonyl (C=O) groups excluding carboxylic acids is 4. The maximum atomic E-state index is 15.5. The second kappa shape index (κ2) is 30.9. The average Bonchev–Trinajstić information content (AvgIpc) is 1.58. The maximum Gasteiger partial charge on any atom is 0.365 e. The summed E-state index contributed by atoms with van der Waals surface area (Å²) in [6.45, 7) is 11.8. The zero-order valence-corrected chi connectivity index (χ0v) is 71.6. The van der Waals surface area contributed by atoms with Gasteiger partial charge >= 0.3 is 23.9 Å². The van der Waals surface area contributed by atoms with Crippen LogP contribution in [0, 0.1) is 47.9 Å². The van der Waals surface area contributed by atoms with Crippen LogP contribution in [0.3, 0.4) is 0 Å². The van der Waals surface area contributed by atoms with Gasteiger partial charge in [0.15, 0.2) is 11.4 Å². The van der Waals surface area contributed by atoms with Crippen molar-refractivity contribution in [3.63, 3.8) is 0 Å². The smallest absolute Gasteiger partial charge is 0.365 e. The average molecular weight is 1730 g/mol. The number of esters is 4. The van der Waals surface area contributed by atoms with Gasteiger partial charge in [-0.05, 0) is 224 Å². The van der Waals surface area contributed by atoms with Crippen LogP contribution in [-0.4, -0.2) is 42.9 Å². The molecule has 0 atom stereocenters. The summed E-state index contributed by atoms with van der Waals surface area (Å²) in [7, 11) is 0. The van der Waals surface area contributed by atoms with Gasteiger partial charge in [0.25, 0.3) is 11.4 Å². The highest BCUT2D eigenvalue weighted by Crippen LogP contribution is 2.47. The molecule has 0 amide bonds. The van der Waals surface area contributed by atoms with Gasteiger partial charge in [0.2, 0.25) is 0 Å². The van der Waals surface area contributed by atoms with E-state index in [1.165, 1.54) is 24.3 Å². The van der Waals surface area contributed by atoms with Crippen LogP contribution >= 0.6 is 22.7 Å². The highest BCUT2D eigenvalue weighted by molar-refractivity contribution is 7.26. The van der Waals surface area contributed by atoms with E-state index in [4.69, 9.17) is 43.7 Å². The first-order valence-electron chi connectivity index (χ1n) is 41.8. The monoisotopic (exact) mass is 1730 g/mol. The first-order chi connectivity index (χ1) is 62.7. The van der Waals surface area contributed by atoms with Crippen molar-refractivity contribution in [2.45, 2.75) is 67.8 Å². The minimum atomic E-state index is -0.966. The summed E-state index contributed by atoms with van der Waals surface area (Å²) < 4.78 is 39.6. The van der Waals surface area contributed by atoms with Gasteiger partial charge in [-0.25, -0.2) is 39.1 Å². The van der Waals surface area contributed by atoms with E-state index < -0.39 is 33.7 Å². The molecule has 23 heteroatoms. The topological polar surface area (TPSA) is 260 Å². The van der Waals surface area contributed by atoms with Crippen LogP contribution < -0.4 is 35.6 Å². The normalized spacial score (nSPS) is 12.7. The van der Waals surface area contributed by atoms with E-state index in [-0.39, 0.29) is 59.7 Å². The number of nitrogens with zero attached hydrogens (tertiary/aromatic N) is 8. The van der Waals surface area contributed by atoms with Gasteiger partial charge in [-0.1, -0.05) is 115 Å². The van der Waals surface area contributed by atoms with Crippen molar-refractivity contribution in [2.75, 3.05) is 0 Å². The fourth-order valence-electron chi connectivity index (χ4n) is 18.8. The first kappa shape index (κ1) is 78.7. The van der Waals surface area contributed by atoms with E-state index in [1.807, 2.05) is 172 Å². The van der Waals surface area contributed by atoms with E-state index >= 15 is 19.2 Å². The SMILES string of the molecule is CC1=C(C(=O)Oc2cccc(-n3c(C(=O)OCc4cccc(-c5c6c(c(C)c7c5=NC(C(=O)OC(=O)c5cc8c(C)c9sc%10ccccc%10c9cc8n5-c5cccc(OCc8ccc([N+](=O)[O-])cc8)c5)=C7C)=Nc5ccccc5-6)c4)cc4c(C)c5sc6ccccc6c5cc43)c2)N=c2c(Cc3cccc(OCc4ccc([N+](=O)[O-])cc4)c3)c3c(c(C)c21)=Nc1ccccc1-3. The summed E-state index contributed by atoms with van der Waals surface area (Å²) >= 11 is 3.35. The number of nitro benzene ring substituents is 2. The van der Waals surface area contributed by atoms with Crippen LogP contribution in [0.1, 0.15) is 96.0 Å². The summed E-state index contributed by atoms with van der Waals surface area (Å²) in [4.78, 5) is 104. The lowest BCUT2D eigenvalue weighted by molar-refractivity contribution is -0.385. The van der Waals surface area contributed by atoms with E-state index in [0.717, 1.165) is 140 Å². The Bertz CT molecular complexity index is 8460. The number of ether oxygens (including phenoxy) is 5. The second-order valence-electron chi connectivity index (χ2n) is 32.6. The number of thiophene rings is 2. The molecule has 4 aromatic heterocycles. The lowest BCUT2D eigenvalue weighted by Crippen LogP contribution is -2.24. The molecule has 0 radical (unpaired) electrons. The highest BCUT2D eigenvalue weighted by atomic mass is 32.1. The van der Waals surface area contributed by atoms with E-state index in [0.29, 0.717) is 89.8 Å². The molecule has 0 fully saturated rings. The zero-order chi connectivity index (χ0) is 88.1. The standard InChI is InChI=1S/C106H70N8O13S2/c1-55-77-48-86(111(84(77)50-79-73-27-9-13-33-88(73)128-101(55)79)69-23-18-26-72(47-69)126-105(117)97-59(5)90-57(3)95-93(75-29-7-11-31-82(75)107-95)81(99(90)109-97)45-63-19-16-24-70(44-63)123-52-61-35-39-66(40-36-61)113(119)120)103(115)125-54-64-20-15-21-65(43-64)92-94-76-30-8-12-32-83(76)108-96(94)58(4)91-60(6)98(110-100(91)92)106(118)127-104(116)87-49-78-56(2)102-80(74-28-10-14-34-89(74)129-102)51-85(78)112(87)68-22-17-25-71(46-68)124-53-62-37-41-67(42-38-62)114(121)122/h7-44,46-51H,45,52-54H2,1-6H3. The van der Waals surface area contributed by atoms with Crippen molar-refractivity contribution in [3.8, 4) is 62.0 Å². The fourth-order valence-corrected chi connectivity index (χ4v) is 21.2. The third-order valence-corrected chi connectivity index (χ3v) is 27.5. The Morgan fingerprint density at radius 2 is 0.853 bits per heavy atom. The summed E-state index contributed by atoms with van der Waals surface area (Å²) in [6.07, 6.45) is 0.399. The minimum absolute atomic E-state index is 0.00385. The maximum absolute atomic E-state index is 15.5. The molecule has 0 N–H and O–H groups in total. The minimum Gasteiger partial charge on any atom is -0.489 e. The summed E-state index contributed by atoms with van der Waals surface area (Å²) in [6, 6.07) is 82.2. The number of nitro groups is 2. The Kier molecular flexibility index (Phi) is 18.8. The lowest BCUT2D eigenvalue weighted by Gasteiger charge is -2.15. The summed E-state index contributed by atoms with van der Waals surface area (Å²) in [5, 5.41) is 31.1. The number of allylic oxidation sites excluding steroid dienone is 2. The van der Waals surface area contributed by atoms with Gasteiger partial charge < -0.3 is 32.8 Å². The predicted octanol–water partition coefficient (Wildman–Crippen LogP) is 22.7. The molecule has 129 heavy (non-hydrogen) atoms. The Labute approximate surface area is 742 Å². The largest absolute Gasteiger partial charge is 0.489 e. The first-order valence-corrected chi connectivity index (χ1v) is 43.4. The van der Waals surface area contributed by atoms with Gasteiger partial charge in [0.05, 0.1) is 65.1 Å². The van der Waals surface area contributed by atoms with Crippen LogP contribution in [0.15, 0.2) is 298 Å². The van der Waals surface area contributed by atoms with Crippen LogP contribution in [0.25, 0.3) is 118 Å². The molecule has 8 heterocycles. The molecule has 18 aromatic rings. The Morgan fingerprint density at radius 3 is 1.44 bits per heavy atom. The van der Waals surface area contributed by atoms with Gasteiger partial charge in [-0.3, -0.25) is 20.2 Å². The Morgan fingerprint density at radius 1 is 0.372 bits per heavy atom. The Hall–Kier alpha value is -16.2. The Balaban J connectivity index is 0.577. The van der Waals surface area contributed by atoms with Crippen LogP contribution in [-0.2, 0) is 45.3 Å². The number of carbonyl (C=O) groups is 4. The number of hydrogen-bond donors (Lipinski definition) is 0. The number of fused-ring (bicyclic) bond motifs is 16. The summed E-state index contributed by atoms with van der Waals surface area (Å²) in [5.41, 5.74) is 19.2. The summed E-state index contributed by atoms with van der Waals surface area (Å²) in [5.74, 6) is -1.95. The van der Waals surface area contributed by atoms with Crippen molar-refractivity contribution < 1.29 is 52.7 Å². The van der Waals surface area contributed by atoms with Crippen molar-refractivity contribution in [2.24, 2.45) is 20.0 Å². The lowest BCUT2D eigenvalue weighted by atomic mass is 9.87. The van der Waals surface area contributed by atoms with E-state index in [2.05, 4.69) is 49.4 Å². The molecule has 624 valence electrons. The van der Waals surface area contributed by atoms with Crippen molar-refractivity contribution in [1.29, 1.82) is 0 Å². The quantitative estimate of drug-likeness (QED) is 0.0226. The molecule has 14 aromatic carbocycles. The number of para-hydroxylation sites is 2. The zero-order valence-electron chi connectivity index (χ0n) is 69.9. The molecule has 0 spiro atoms. The molecule has 4 aliphatic heterocycles. The van der Waals surface area contributed by atoms with Gasteiger partial charge in [0, 0.05) is 133 Å². The van der Waals surface area contributed by atoms with Gasteiger partial charge in [-0.15, -0.1) is 22.7 Å².